The number of rotatable bonds is 3. The summed E-state index contributed by atoms with van der Waals surface area (Å²) in [6.45, 7) is 2.67. The number of nitrogens with one attached hydrogen (secondary N) is 1. The Morgan fingerprint density at radius 1 is 1.50 bits per heavy atom. The minimum absolute atomic E-state index is 0.0331. The van der Waals surface area contributed by atoms with Gasteiger partial charge < -0.3 is 9.88 Å². The zero-order valence-corrected chi connectivity index (χ0v) is 10.8. The van der Waals surface area contributed by atoms with Gasteiger partial charge in [0.15, 0.2) is 0 Å². The van der Waals surface area contributed by atoms with Crippen LogP contribution in [0, 0.1) is 3.57 Å². The van der Waals surface area contributed by atoms with E-state index >= 15 is 0 Å². The second-order valence-corrected chi connectivity index (χ2v) is 4.44. The number of aryl methyl sites for hydroxylation is 1. The molecule has 1 aromatic rings. The molecule has 78 valence electrons. The lowest BCUT2D eigenvalue weighted by Gasteiger charge is -2.09. The zero-order chi connectivity index (χ0) is 10.7. The molecule has 0 bridgehead atoms. The third kappa shape index (κ3) is 2.78. The molecule has 0 atom stereocenters. The van der Waals surface area contributed by atoms with E-state index in [9.17, 15) is 4.79 Å². The molecule has 0 aliphatic carbocycles. The lowest BCUT2D eigenvalue weighted by Crippen LogP contribution is -2.22. The minimum atomic E-state index is -0.0331. The summed E-state index contributed by atoms with van der Waals surface area (Å²) in [4.78, 5) is 20.6. The molecule has 1 rings (SSSR count). The highest BCUT2D eigenvalue weighted by atomic mass is 127. The molecule has 0 aromatic carbocycles. The van der Waals surface area contributed by atoms with Crippen molar-refractivity contribution < 1.29 is 0 Å². The molecular formula is C9H14IN3O. The van der Waals surface area contributed by atoms with E-state index in [2.05, 4.69) is 9.97 Å². The van der Waals surface area contributed by atoms with E-state index < -0.39 is 0 Å². The molecule has 0 saturated carbocycles. The van der Waals surface area contributed by atoms with Gasteiger partial charge in [0.2, 0.25) is 0 Å². The van der Waals surface area contributed by atoms with Crippen molar-refractivity contribution in [2.24, 2.45) is 0 Å². The molecule has 1 aromatic heterocycles. The molecule has 0 fully saturated rings. The third-order valence-corrected chi connectivity index (χ3v) is 2.89. The van der Waals surface area contributed by atoms with Gasteiger partial charge in [-0.25, -0.2) is 4.98 Å². The van der Waals surface area contributed by atoms with Gasteiger partial charge >= 0.3 is 0 Å². The second-order valence-electron chi connectivity index (χ2n) is 3.36. The van der Waals surface area contributed by atoms with Crippen LogP contribution in [0.3, 0.4) is 0 Å². The number of hydrogen-bond donors (Lipinski definition) is 1. The highest BCUT2D eigenvalue weighted by Gasteiger charge is 2.07. The Balaban J connectivity index is 3.10. The van der Waals surface area contributed by atoms with E-state index in [0.717, 1.165) is 17.9 Å². The Kier molecular flexibility index (Phi) is 4.06. The molecule has 0 amide bonds. The van der Waals surface area contributed by atoms with Crippen LogP contribution in [-0.4, -0.2) is 29.0 Å². The molecule has 0 spiro atoms. The molecule has 0 aliphatic rings. The van der Waals surface area contributed by atoms with Crippen molar-refractivity contribution in [3.63, 3.8) is 0 Å². The molecule has 4 nitrogen and oxygen atoms in total. The van der Waals surface area contributed by atoms with Gasteiger partial charge in [0.1, 0.15) is 5.82 Å². The van der Waals surface area contributed by atoms with Gasteiger partial charge in [-0.15, -0.1) is 0 Å². The van der Waals surface area contributed by atoms with Crippen LogP contribution in [0.15, 0.2) is 4.79 Å². The van der Waals surface area contributed by atoms with Gasteiger partial charge in [0, 0.05) is 0 Å². The Bertz CT molecular complexity index is 373. The Morgan fingerprint density at radius 3 is 2.64 bits per heavy atom. The normalized spacial score (nSPS) is 10.9. The van der Waals surface area contributed by atoms with E-state index in [0.29, 0.717) is 10.1 Å². The molecule has 14 heavy (non-hydrogen) atoms. The van der Waals surface area contributed by atoms with Crippen LogP contribution in [0.25, 0.3) is 0 Å². The number of aromatic amines is 1. The molecule has 0 unspecified atom stereocenters. The minimum Gasteiger partial charge on any atom is -0.309 e. The van der Waals surface area contributed by atoms with Gasteiger partial charge in [0.05, 0.1) is 15.8 Å². The van der Waals surface area contributed by atoms with Crippen LogP contribution in [-0.2, 0) is 13.0 Å². The Labute approximate surface area is 96.9 Å². The van der Waals surface area contributed by atoms with Crippen molar-refractivity contribution in [1.29, 1.82) is 0 Å². The van der Waals surface area contributed by atoms with Crippen molar-refractivity contribution in [2.75, 3.05) is 14.1 Å². The van der Waals surface area contributed by atoms with Crippen molar-refractivity contribution in [3.8, 4) is 0 Å². The number of H-pyrrole nitrogens is 1. The second kappa shape index (κ2) is 4.88. The summed E-state index contributed by atoms with van der Waals surface area (Å²) in [5.41, 5.74) is 0.848. The average molecular weight is 307 g/mol. The monoisotopic (exact) mass is 307 g/mol. The Morgan fingerprint density at radius 2 is 2.14 bits per heavy atom. The maximum absolute atomic E-state index is 11.5. The van der Waals surface area contributed by atoms with E-state index in [1.54, 1.807) is 0 Å². The number of halogens is 1. The lowest BCUT2D eigenvalue weighted by atomic mass is 10.3. The SMILES string of the molecule is CCc1nc(CN(C)C)[nH]c(=O)c1I. The third-order valence-electron chi connectivity index (χ3n) is 1.78. The van der Waals surface area contributed by atoms with E-state index in [4.69, 9.17) is 0 Å². The summed E-state index contributed by atoms with van der Waals surface area (Å²) in [6.07, 6.45) is 0.794. The summed E-state index contributed by atoms with van der Waals surface area (Å²) in [6, 6.07) is 0. The standard InChI is InChI=1S/C9H14IN3O/c1-4-6-8(10)9(14)12-7(11-6)5-13(2)3/h4-5H2,1-3H3,(H,11,12,14). The molecule has 1 heterocycles. The summed E-state index contributed by atoms with van der Waals surface area (Å²) in [5.74, 6) is 0.734. The van der Waals surface area contributed by atoms with Crippen LogP contribution in [0.5, 0.6) is 0 Å². The van der Waals surface area contributed by atoms with Gasteiger partial charge in [-0.05, 0) is 43.1 Å². The van der Waals surface area contributed by atoms with Crippen LogP contribution in [0.1, 0.15) is 18.4 Å². The van der Waals surface area contributed by atoms with Crippen LogP contribution < -0.4 is 5.56 Å². The zero-order valence-electron chi connectivity index (χ0n) is 8.59. The Hall–Kier alpha value is -0.430. The maximum atomic E-state index is 11.5. The number of nitrogens with zero attached hydrogens (tertiary/aromatic N) is 2. The molecule has 0 saturated heterocycles. The van der Waals surface area contributed by atoms with Crippen molar-refractivity contribution in [1.82, 2.24) is 14.9 Å². The van der Waals surface area contributed by atoms with Gasteiger partial charge in [-0.3, -0.25) is 4.79 Å². The first-order valence-electron chi connectivity index (χ1n) is 4.47. The van der Waals surface area contributed by atoms with E-state index in [-0.39, 0.29) is 5.56 Å². The quantitative estimate of drug-likeness (QED) is 0.848. The van der Waals surface area contributed by atoms with E-state index in [1.165, 1.54) is 0 Å². The van der Waals surface area contributed by atoms with Gasteiger partial charge in [-0.2, -0.15) is 0 Å². The highest BCUT2D eigenvalue weighted by molar-refractivity contribution is 14.1. The fourth-order valence-corrected chi connectivity index (χ4v) is 1.80. The fourth-order valence-electron chi connectivity index (χ4n) is 1.17. The van der Waals surface area contributed by atoms with Crippen molar-refractivity contribution in [2.45, 2.75) is 19.9 Å². The number of aromatic nitrogens is 2. The molecule has 5 heteroatoms. The molecule has 0 radical (unpaired) electrons. The number of hydrogen-bond acceptors (Lipinski definition) is 3. The smallest absolute Gasteiger partial charge is 0.264 e. The summed E-state index contributed by atoms with van der Waals surface area (Å²) in [5, 5.41) is 0. The van der Waals surface area contributed by atoms with Crippen molar-refractivity contribution >= 4 is 22.6 Å². The first-order chi connectivity index (χ1) is 6.54. The van der Waals surface area contributed by atoms with Gasteiger partial charge in [-0.1, -0.05) is 6.92 Å². The highest BCUT2D eigenvalue weighted by Crippen LogP contribution is 2.05. The molecular weight excluding hydrogens is 293 g/mol. The fraction of sp³-hybridized carbons (Fsp3) is 0.556. The van der Waals surface area contributed by atoms with Crippen molar-refractivity contribution in [3.05, 3.63) is 25.4 Å². The summed E-state index contributed by atoms with van der Waals surface area (Å²) < 4.78 is 0.701. The predicted octanol–water partition coefficient (Wildman–Crippen LogP) is 0.999. The maximum Gasteiger partial charge on any atom is 0.264 e. The predicted molar refractivity (Wildman–Crippen MR) is 64.3 cm³/mol. The summed E-state index contributed by atoms with van der Waals surface area (Å²) >= 11 is 2.04. The lowest BCUT2D eigenvalue weighted by molar-refractivity contribution is 0.389. The summed E-state index contributed by atoms with van der Waals surface area (Å²) in [7, 11) is 3.90. The van der Waals surface area contributed by atoms with Crippen LogP contribution in [0.2, 0.25) is 0 Å². The van der Waals surface area contributed by atoms with E-state index in [1.807, 2.05) is 48.5 Å². The first kappa shape index (κ1) is 11.6. The average Bonchev–Trinajstić information content (AvgIpc) is 2.10. The molecule has 0 aliphatic heterocycles. The van der Waals surface area contributed by atoms with Gasteiger partial charge in [0.25, 0.3) is 5.56 Å². The first-order valence-corrected chi connectivity index (χ1v) is 5.54. The van der Waals surface area contributed by atoms with Crippen LogP contribution >= 0.6 is 22.6 Å². The molecule has 1 N–H and O–H groups in total. The topological polar surface area (TPSA) is 49.0 Å². The van der Waals surface area contributed by atoms with Crippen LogP contribution in [0.4, 0.5) is 0 Å². The largest absolute Gasteiger partial charge is 0.309 e.